The van der Waals surface area contributed by atoms with Gasteiger partial charge in [-0.15, -0.1) is 11.3 Å². The number of rotatable bonds is 2. The van der Waals surface area contributed by atoms with Crippen molar-refractivity contribution in [3.05, 3.63) is 70.6 Å². The first-order valence-corrected chi connectivity index (χ1v) is 7.68. The molecule has 4 aromatic rings. The summed E-state index contributed by atoms with van der Waals surface area (Å²) in [6, 6.07) is 13.5. The Morgan fingerprint density at radius 2 is 1.73 bits per heavy atom. The quantitative estimate of drug-likeness (QED) is 0.614. The first-order valence-electron chi connectivity index (χ1n) is 6.80. The second-order valence-corrected chi connectivity index (χ2v) is 5.70. The lowest BCUT2D eigenvalue weighted by Crippen LogP contribution is -2.08. The van der Waals surface area contributed by atoms with Crippen molar-refractivity contribution in [2.45, 2.75) is 0 Å². The summed E-state index contributed by atoms with van der Waals surface area (Å²) in [4.78, 5) is 24.7. The average Bonchev–Trinajstić information content (AvgIpc) is 3.01. The van der Waals surface area contributed by atoms with Crippen molar-refractivity contribution >= 4 is 21.6 Å². The van der Waals surface area contributed by atoms with Crippen LogP contribution in [0.15, 0.2) is 65.0 Å². The van der Waals surface area contributed by atoms with Gasteiger partial charge < -0.3 is 4.98 Å². The van der Waals surface area contributed by atoms with Crippen molar-refractivity contribution in [1.29, 1.82) is 0 Å². The van der Waals surface area contributed by atoms with Gasteiger partial charge in [0, 0.05) is 28.9 Å². The minimum Gasteiger partial charge on any atom is -0.306 e. The van der Waals surface area contributed by atoms with E-state index >= 15 is 0 Å². The van der Waals surface area contributed by atoms with Gasteiger partial charge in [0.15, 0.2) is 0 Å². The van der Waals surface area contributed by atoms with Gasteiger partial charge in [0.2, 0.25) is 0 Å². The number of hydrogen-bond donors (Lipinski definition) is 1. The number of aromatic nitrogens is 3. The Balaban J connectivity index is 1.94. The minimum absolute atomic E-state index is 0.114. The van der Waals surface area contributed by atoms with Gasteiger partial charge in [-0.05, 0) is 17.7 Å². The zero-order chi connectivity index (χ0) is 14.9. The normalized spacial score (nSPS) is 10.9. The van der Waals surface area contributed by atoms with Crippen molar-refractivity contribution in [3.8, 4) is 22.5 Å². The van der Waals surface area contributed by atoms with E-state index in [1.54, 1.807) is 12.4 Å². The van der Waals surface area contributed by atoms with Gasteiger partial charge in [0.1, 0.15) is 10.7 Å². The van der Waals surface area contributed by atoms with Crippen LogP contribution in [0.3, 0.4) is 0 Å². The smallest absolute Gasteiger partial charge is 0.260 e. The third-order valence-electron chi connectivity index (χ3n) is 3.48. The zero-order valence-corrected chi connectivity index (χ0v) is 12.3. The number of fused-ring (bicyclic) bond motifs is 1. The molecule has 4 nitrogen and oxygen atoms in total. The summed E-state index contributed by atoms with van der Waals surface area (Å²) in [6.07, 6.45) is 3.37. The molecule has 0 radical (unpaired) electrons. The molecule has 0 aliphatic heterocycles. The Kier molecular flexibility index (Phi) is 3.05. The summed E-state index contributed by atoms with van der Waals surface area (Å²) in [5.74, 6) is 0.571. The van der Waals surface area contributed by atoms with Gasteiger partial charge >= 0.3 is 0 Å². The van der Waals surface area contributed by atoms with E-state index in [0.717, 1.165) is 21.5 Å². The highest BCUT2D eigenvalue weighted by Crippen LogP contribution is 2.31. The van der Waals surface area contributed by atoms with Crippen LogP contribution in [0.1, 0.15) is 0 Å². The molecule has 5 heteroatoms. The Morgan fingerprint density at radius 1 is 0.955 bits per heavy atom. The first kappa shape index (κ1) is 12.9. The highest BCUT2D eigenvalue weighted by Gasteiger charge is 2.13. The van der Waals surface area contributed by atoms with Crippen LogP contribution in [0, 0.1) is 0 Å². The van der Waals surface area contributed by atoms with Gasteiger partial charge in [-0.1, -0.05) is 30.3 Å². The Hall–Kier alpha value is -2.79. The summed E-state index contributed by atoms with van der Waals surface area (Å²) in [6.45, 7) is 0. The molecule has 0 aliphatic rings. The fraction of sp³-hybridized carbons (Fsp3) is 0. The van der Waals surface area contributed by atoms with Crippen molar-refractivity contribution < 1.29 is 0 Å². The zero-order valence-electron chi connectivity index (χ0n) is 11.5. The standard InChI is InChI=1S/C17H11N3OS/c21-16-14-13(11-4-2-1-3-5-11)10-22-17(14)20-15(19-16)12-6-8-18-9-7-12/h1-10H,(H,19,20,21). The Bertz CT molecular complexity index is 991. The molecule has 0 aliphatic carbocycles. The molecular formula is C17H11N3OS. The summed E-state index contributed by atoms with van der Waals surface area (Å²) < 4.78 is 0. The maximum atomic E-state index is 12.5. The Labute approximate surface area is 130 Å². The predicted octanol–water partition coefficient (Wildman–Crippen LogP) is 3.71. The molecule has 3 aromatic heterocycles. The largest absolute Gasteiger partial charge is 0.306 e. The molecule has 0 spiro atoms. The number of nitrogens with one attached hydrogen (secondary N) is 1. The molecule has 106 valence electrons. The molecule has 0 amide bonds. The monoisotopic (exact) mass is 305 g/mol. The van der Waals surface area contributed by atoms with E-state index in [-0.39, 0.29) is 5.56 Å². The number of H-pyrrole nitrogens is 1. The molecule has 0 saturated carbocycles. The lowest BCUT2D eigenvalue weighted by Gasteiger charge is -2.02. The second-order valence-electron chi connectivity index (χ2n) is 4.85. The summed E-state index contributed by atoms with van der Waals surface area (Å²) >= 11 is 1.49. The van der Waals surface area contributed by atoms with E-state index in [0.29, 0.717) is 11.2 Å². The van der Waals surface area contributed by atoms with E-state index in [4.69, 9.17) is 0 Å². The first-order chi connectivity index (χ1) is 10.8. The molecule has 1 N–H and O–H groups in total. The van der Waals surface area contributed by atoms with Crippen LogP contribution >= 0.6 is 11.3 Å². The number of pyridine rings is 1. The average molecular weight is 305 g/mol. The van der Waals surface area contributed by atoms with Gasteiger partial charge in [0.05, 0.1) is 5.39 Å². The van der Waals surface area contributed by atoms with Crippen LogP contribution < -0.4 is 5.56 Å². The van der Waals surface area contributed by atoms with E-state index < -0.39 is 0 Å². The highest BCUT2D eigenvalue weighted by atomic mass is 32.1. The number of benzene rings is 1. The van der Waals surface area contributed by atoms with Crippen molar-refractivity contribution in [1.82, 2.24) is 15.0 Å². The van der Waals surface area contributed by atoms with Crippen molar-refractivity contribution in [3.63, 3.8) is 0 Å². The molecule has 0 bridgehead atoms. The third-order valence-corrected chi connectivity index (χ3v) is 4.35. The van der Waals surface area contributed by atoms with Gasteiger partial charge in [-0.25, -0.2) is 4.98 Å². The fourth-order valence-electron chi connectivity index (χ4n) is 2.43. The second kappa shape index (κ2) is 5.20. The topological polar surface area (TPSA) is 58.6 Å². The van der Waals surface area contributed by atoms with Crippen LogP contribution in [0.25, 0.3) is 32.7 Å². The maximum absolute atomic E-state index is 12.5. The molecule has 3 heterocycles. The van der Waals surface area contributed by atoms with Crippen LogP contribution in [0.2, 0.25) is 0 Å². The molecule has 22 heavy (non-hydrogen) atoms. The van der Waals surface area contributed by atoms with Gasteiger partial charge in [-0.2, -0.15) is 0 Å². The van der Waals surface area contributed by atoms with Crippen molar-refractivity contribution in [2.24, 2.45) is 0 Å². The van der Waals surface area contributed by atoms with E-state index in [1.807, 2.05) is 47.8 Å². The number of nitrogens with zero attached hydrogens (tertiary/aromatic N) is 2. The predicted molar refractivity (Wildman–Crippen MR) is 88.9 cm³/mol. The summed E-state index contributed by atoms with van der Waals surface area (Å²) in [7, 11) is 0. The summed E-state index contributed by atoms with van der Waals surface area (Å²) in [5, 5.41) is 2.63. The van der Waals surface area contributed by atoms with Crippen LogP contribution in [-0.2, 0) is 0 Å². The van der Waals surface area contributed by atoms with Gasteiger partial charge in [-0.3, -0.25) is 9.78 Å². The minimum atomic E-state index is -0.114. The molecule has 1 aromatic carbocycles. The van der Waals surface area contributed by atoms with Crippen LogP contribution in [-0.4, -0.2) is 15.0 Å². The molecule has 0 unspecified atom stereocenters. The lowest BCUT2D eigenvalue weighted by atomic mass is 10.1. The van der Waals surface area contributed by atoms with Crippen LogP contribution in [0.5, 0.6) is 0 Å². The maximum Gasteiger partial charge on any atom is 0.260 e. The van der Waals surface area contributed by atoms with E-state index in [9.17, 15) is 4.79 Å². The number of aromatic amines is 1. The Morgan fingerprint density at radius 3 is 2.50 bits per heavy atom. The molecular weight excluding hydrogens is 294 g/mol. The fourth-order valence-corrected chi connectivity index (χ4v) is 3.37. The molecule has 4 rings (SSSR count). The third kappa shape index (κ3) is 2.12. The number of thiophene rings is 1. The molecule has 0 fully saturated rings. The molecule has 0 atom stereocenters. The van der Waals surface area contributed by atoms with Gasteiger partial charge in [0.25, 0.3) is 5.56 Å². The molecule has 0 saturated heterocycles. The highest BCUT2D eigenvalue weighted by molar-refractivity contribution is 7.17. The van der Waals surface area contributed by atoms with Crippen molar-refractivity contribution in [2.75, 3.05) is 0 Å². The van der Waals surface area contributed by atoms with E-state index in [1.165, 1.54) is 11.3 Å². The van der Waals surface area contributed by atoms with E-state index in [2.05, 4.69) is 15.0 Å². The summed E-state index contributed by atoms with van der Waals surface area (Å²) in [5.41, 5.74) is 2.69. The number of hydrogen-bond acceptors (Lipinski definition) is 4. The lowest BCUT2D eigenvalue weighted by molar-refractivity contribution is 1.18. The van der Waals surface area contributed by atoms with Crippen LogP contribution in [0.4, 0.5) is 0 Å². The SMILES string of the molecule is O=c1[nH]c(-c2ccncc2)nc2scc(-c3ccccc3)c12.